The predicted octanol–water partition coefficient (Wildman–Crippen LogP) is 3.02. The fourth-order valence-corrected chi connectivity index (χ4v) is 3.76. The molecule has 0 saturated heterocycles. The summed E-state index contributed by atoms with van der Waals surface area (Å²) in [6.07, 6.45) is 3.51. The van der Waals surface area contributed by atoms with Crippen molar-refractivity contribution < 1.29 is 13.6 Å². The number of carbonyl (C=O) groups is 1. The first-order valence-corrected chi connectivity index (χ1v) is 9.40. The van der Waals surface area contributed by atoms with Gasteiger partial charge < -0.3 is 15.5 Å². The molecule has 2 N–H and O–H groups in total. The van der Waals surface area contributed by atoms with E-state index in [9.17, 15) is 13.6 Å². The van der Waals surface area contributed by atoms with Crippen LogP contribution in [0.15, 0.2) is 18.5 Å². The lowest BCUT2D eigenvalue weighted by Crippen LogP contribution is -2.44. The highest BCUT2D eigenvalue weighted by Gasteiger charge is 2.45. The third kappa shape index (κ3) is 3.53. The van der Waals surface area contributed by atoms with Gasteiger partial charge in [-0.05, 0) is 19.8 Å². The van der Waals surface area contributed by atoms with Gasteiger partial charge in [-0.2, -0.15) is 5.10 Å². The Morgan fingerprint density at radius 2 is 2.14 bits per heavy atom. The van der Waals surface area contributed by atoms with Gasteiger partial charge in [-0.3, -0.25) is 9.48 Å². The minimum atomic E-state index is -2.50. The van der Waals surface area contributed by atoms with Crippen molar-refractivity contribution in [3.63, 3.8) is 0 Å². The third-order valence-electron chi connectivity index (χ3n) is 5.55. The lowest BCUT2D eigenvalue weighted by molar-refractivity contribution is -0.117. The van der Waals surface area contributed by atoms with Gasteiger partial charge in [-0.15, -0.1) is 0 Å². The molecule has 1 aliphatic heterocycles. The first-order chi connectivity index (χ1) is 13.2. The highest BCUT2D eigenvalue weighted by molar-refractivity contribution is 6.04. The summed E-state index contributed by atoms with van der Waals surface area (Å²) in [5, 5.41) is 10.5. The van der Waals surface area contributed by atoms with Gasteiger partial charge in [0, 0.05) is 50.8 Å². The summed E-state index contributed by atoms with van der Waals surface area (Å²) in [6.45, 7) is 4.76. The van der Waals surface area contributed by atoms with E-state index >= 15 is 0 Å². The molecule has 3 heterocycles. The van der Waals surface area contributed by atoms with Gasteiger partial charge >= 0.3 is 0 Å². The van der Waals surface area contributed by atoms with Crippen LogP contribution in [0.1, 0.15) is 31.0 Å². The smallest absolute Gasteiger partial charge is 0.248 e. The van der Waals surface area contributed by atoms with Gasteiger partial charge in [0.2, 0.25) is 11.8 Å². The summed E-state index contributed by atoms with van der Waals surface area (Å²) in [7, 11) is 1.89. The summed E-state index contributed by atoms with van der Waals surface area (Å²) >= 11 is 0. The number of rotatable bonds is 5. The summed E-state index contributed by atoms with van der Waals surface area (Å²) in [6, 6.07) is 1.67. The predicted molar refractivity (Wildman–Crippen MR) is 103 cm³/mol. The third-order valence-corrected chi connectivity index (χ3v) is 5.55. The summed E-state index contributed by atoms with van der Waals surface area (Å²) in [5.74, 6) is -1.84. The maximum absolute atomic E-state index is 13.0. The number of anilines is 3. The second-order valence-corrected chi connectivity index (χ2v) is 7.82. The highest BCUT2D eigenvalue weighted by Crippen LogP contribution is 2.43. The van der Waals surface area contributed by atoms with E-state index < -0.39 is 5.92 Å². The number of alkyl halides is 2. The summed E-state index contributed by atoms with van der Waals surface area (Å²) < 4.78 is 27.6. The Kier molecular flexibility index (Phi) is 4.47. The van der Waals surface area contributed by atoms with Crippen molar-refractivity contribution in [2.75, 3.05) is 22.6 Å². The zero-order chi connectivity index (χ0) is 20.1. The fourth-order valence-electron chi connectivity index (χ4n) is 3.76. The van der Waals surface area contributed by atoms with Crippen LogP contribution in [0.5, 0.6) is 0 Å². The van der Waals surface area contributed by atoms with Crippen LogP contribution in [0.4, 0.5) is 26.0 Å². The van der Waals surface area contributed by atoms with Crippen molar-refractivity contribution >= 4 is 23.1 Å². The quantitative estimate of drug-likeness (QED) is 0.821. The molecule has 0 unspecified atom stereocenters. The average molecular weight is 390 g/mol. The fraction of sp³-hybridized carbons (Fsp3) is 0.526. The first-order valence-electron chi connectivity index (χ1n) is 9.40. The topological polar surface area (TPSA) is 75.1 Å². The number of fused-ring (bicyclic) bond motifs is 1. The van der Waals surface area contributed by atoms with E-state index in [0.717, 1.165) is 22.6 Å². The van der Waals surface area contributed by atoms with Crippen molar-refractivity contribution in [3.05, 3.63) is 29.7 Å². The van der Waals surface area contributed by atoms with Crippen molar-refractivity contribution in [3.8, 4) is 0 Å². The maximum Gasteiger partial charge on any atom is 0.248 e. The van der Waals surface area contributed by atoms with Crippen molar-refractivity contribution in [1.82, 2.24) is 14.8 Å². The highest BCUT2D eigenvalue weighted by atomic mass is 19.3. The van der Waals surface area contributed by atoms with E-state index in [0.29, 0.717) is 18.9 Å². The van der Waals surface area contributed by atoms with Crippen LogP contribution in [-0.4, -0.2) is 39.7 Å². The molecule has 2 aliphatic rings. The maximum atomic E-state index is 13.0. The Morgan fingerprint density at radius 3 is 2.86 bits per heavy atom. The zero-order valence-electron chi connectivity index (χ0n) is 16.2. The first kappa shape index (κ1) is 18.6. The molecule has 0 bridgehead atoms. The standard InChI is InChI=1S/C19H24F2N6O/c1-11-17-15(26(3)12(2)18(28)25-17)4-16(24-11)22-7-14-8-23-27(10-14)9-13-5-19(20,21)6-13/h4,8,10,12-13H,5-7,9H2,1-3H3,(H,22,24)(H,25,28)/t12-/m0/s1. The number of carbonyl (C=O) groups excluding carboxylic acids is 1. The molecule has 2 aromatic rings. The largest absolute Gasteiger partial charge is 0.366 e. The van der Waals surface area contributed by atoms with E-state index in [1.165, 1.54) is 0 Å². The lowest BCUT2D eigenvalue weighted by atomic mass is 9.81. The Balaban J connectivity index is 1.41. The number of likely N-dealkylation sites (N-methyl/N-ethyl adjacent to an activating group) is 1. The molecule has 1 atom stereocenters. The molecule has 1 fully saturated rings. The number of amides is 1. The summed E-state index contributed by atoms with van der Waals surface area (Å²) in [4.78, 5) is 18.5. The van der Waals surface area contributed by atoms with Gasteiger partial charge in [-0.1, -0.05) is 0 Å². The molecule has 28 heavy (non-hydrogen) atoms. The van der Waals surface area contributed by atoms with Crippen LogP contribution in [0.2, 0.25) is 0 Å². The molecular weight excluding hydrogens is 366 g/mol. The van der Waals surface area contributed by atoms with Crippen LogP contribution in [0.25, 0.3) is 0 Å². The molecule has 150 valence electrons. The van der Waals surface area contributed by atoms with Crippen LogP contribution in [0.3, 0.4) is 0 Å². The van der Waals surface area contributed by atoms with E-state index in [1.54, 1.807) is 10.9 Å². The molecule has 4 rings (SSSR count). The van der Waals surface area contributed by atoms with Gasteiger partial charge in [0.1, 0.15) is 11.9 Å². The van der Waals surface area contributed by atoms with Gasteiger partial charge in [0.15, 0.2) is 0 Å². The number of nitrogens with zero attached hydrogens (tertiary/aromatic N) is 4. The van der Waals surface area contributed by atoms with Crippen LogP contribution in [-0.2, 0) is 17.9 Å². The molecular formula is C19H24F2N6O. The normalized spacial score (nSPS) is 21.1. The Bertz CT molecular complexity index is 904. The molecule has 2 aromatic heterocycles. The number of aromatic nitrogens is 3. The van der Waals surface area contributed by atoms with Gasteiger partial charge in [-0.25, -0.2) is 13.8 Å². The number of hydrogen-bond donors (Lipinski definition) is 2. The lowest BCUT2D eigenvalue weighted by Gasteiger charge is -2.34. The second kappa shape index (κ2) is 6.72. The molecule has 0 spiro atoms. The van der Waals surface area contributed by atoms with Crippen molar-refractivity contribution in [1.29, 1.82) is 0 Å². The number of nitrogens with one attached hydrogen (secondary N) is 2. The van der Waals surface area contributed by atoms with E-state index in [2.05, 4.69) is 20.7 Å². The molecule has 1 saturated carbocycles. The van der Waals surface area contributed by atoms with Crippen molar-refractivity contribution in [2.45, 2.75) is 51.7 Å². The molecule has 9 heteroatoms. The summed E-state index contributed by atoms with van der Waals surface area (Å²) in [5.41, 5.74) is 3.36. The molecule has 0 radical (unpaired) electrons. The van der Waals surface area contributed by atoms with Crippen LogP contribution in [0, 0.1) is 12.8 Å². The molecule has 0 aromatic carbocycles. The Morgan fingerprint density at radius 1 is 1.39 bits per heavy atom. The number of hydrogen-bond acceptors (Lipinski definition) is 5. The SMILES string of the molecule is Cc1nc(NCc2cnn(CC3CC(F)(F)C3)c2)cc2c1NC(=O)[C@H](C)N2C. The number of halogens is 2. The van der Waals surface area contributed by atoms with Crippen LogP contribution >= 0.6 is 0 Å². The monoisotopic (exact) mass is 390 g/mol. The van der Waals surface area contributed by atoms with Gasteiger partial charge in [0.25, 0.3) is 0 Å². The van der Waals surface area contributed by atoms with E-state index in [4.69, 9.17) is 0 Å². The van der Waals surface area contributed by atoms with Gasteiger partial charge in [0.05, 0.1) is 23.3 Å². The van der Waals surface area contributed by atoms with Crippen molar-refractivity contribution in [2.24, 2.45) is 5.92 Å². The Labute approximate surface area is 162 Å². The zero-order valence-corrected chi connectivity index (χ0v) is 16.2. The minimum Gasteiger partial charge on any atom is -0.366 e. The number of pyridine rings is 1. The second-order valence-electron chi connectivity index (χ2n) is 7.82. The molecule has 7 nitrogen and oxygen atoms in total. The minimum absolute atomic E-state index is 0.00610. The van der Waals surface area contributed by atoms with E-state index in [1.807, 2.05) is 38.1 Å². The molecule has 1 amide bonds. The number of aryl methyl sites for hydroxylation is 1. The van der Waals surface area contributed by atoms with Crippen LogP contribution < -0.4 is 15.5 Å². The molecule has 1 aliphatic carbocycles. The van der Waals surface area contributed by atoms with E-state index in [-0.39, 0.29) is 30.7 Å². The Hall–Kier alpha value is -2.71. The average Bonchev–Trinajstić information content (AvgIpc) is 3.05.